The van der Waals surface area contributed by atoms with Crippen LogP contribution >= 0.6 is 0 Å². The number of amides is 1. The smallest absolute Gasteiger partial charge is 0.308 e. The first-order valence-corrected chi connectivity index (χ1v) is 7.96. The summed E-state index contributed by atoms with van der Waals surface area (Å²) >= 11 is 0. The van der Waals surface area contributed by atoms with Crippen molar-refractivity contribution in [1.82, 2.24) is 5.32 Å². The van der Waals surface area contributed by atoms with E-state index in [2.05, 4.69) is 5.32 Å². The molecule has 0 aliphatic heterocycles. The highest BCUT2D eigenvalue weighted by Crippen LogP contribution is 2.28. The van der Waals surface area contributed by atoms with E-state index < -0.39 is 11.9 Å². The molecule has 1 aliphatic rings. The molecule has 122 valence electrons. The number of nitrogens with one attached hydrogen (secondary N) is 1. The van der Waals surface area contributed by atoms with E-state index in [0.29, 0.717) is 6.42 Å². The zero-order valence-electron chi connectivity index (χ0n) is 13.4. The molecule has 1 aliphatic carbocycles. The summed E-state index contributed by atoms with van der Waals surface area (Å²) in [6.07, 6.45) is 4.04. The van der Waals surface area contributed by atoms with E-state index in [4.69, 9.17) is 4.42 Å². The zero-order valence-corrected chi connectivity index (χ0v) is 13.4. The lowest BCUT2D eigenvalue weighted by atomic mass is 10.0. The normalized spacial score (nSPS) is 20.8. The van der Waals surface area contributed by atoms with E-state index in [-0.39, 0.29) is 18.4 Å². The molecule has 1 saturated carbocycles. The highest BCUT2D eigenvalue weighted by atomic mass is 16.4. The molecule has 2 N–H and O–H groups in total. The van der Waals surface area contributed by atoms with Crippen LogP contribution < -0.4 is 5.32 Å². The van der Waals surface area contributed by atoms with Crippen molar-refractivity contribution in [2.45, 2.75) is 45.6 Å². The maximum atomic E-state index is 12.3. The van der Waals surface area contributed by atoms with Crippen molar-refractivity contribution < 1.29 is 19.1 Å². The molecule has 1 amide bonds. The number of carbonyl (C=O) groups is 2. The van der Waals surface area contributed by atoms with Gasteiger partial charge in [0.1, 0.15) is 5.58 Å². The van der Waals surface area contributed by atoms with Crippen molar-refractivity contribution in [2.24, 2.45) is 5.92 Å². The van der Waals surface area contributed by atoms with E-state index in [1.54, 1.807) is 6.26 Å². The van der Waals surface area contributed by atoms with Gasteiger partial charge in [-0.15, -0.1) is 0 Å². The highest BCUT2D eigenvalue weighted by molar-refractivity contribution is 5.89. The number of furan rings is 1. The minimum Gasteiger partial charge on any atom is -0.481 e. The molecular formula is C18H21NO4. The molecule has 1 heterocycles. The summed E-state index contributed by atoms with van der Waals surface area (Å²) in [6, 6.07) is 3.73. The Kier molecular flexibility index (Phi) is 4.11. The van der Waals surface area contributed by atoms with Gasteiger partial charge in [0.15, 0.2) is 0 Å². The van der Waals surface area contributed by atoms with Gasteiger partial charge in [0.2, 0.25) is 5.91 Å². The summed E-state index contributed by atoms with van der Waals surface area (Å²) in [6.45, 7) is 4.02. The number of rotatable bonds is 4. The Balaban J connectivity index is 1.73. The Morgan fingerprint density at radius 1 is 1.30 bits per heavy atom. The van der Waals surface area contributed by atoms with Gasteiger partial charge in [-0.1, -0.05) is 18.6 Å². The summed E-state index contributed by atoms with van der Waals surface area (Å²) in [5, 5.41) is 13.0. The lowest BCUT2D eigenvalue weighted by Gasteiger charge is -2.17. The predicted molar refractivity (Wildman–Crippen MR) is 86.3 cm³/mol. The van der Waals surface area contributed by atoms with Crippen molar-refractivity contribution in [3.63, 3.8) is 0 Å². The van der Waals surface area contributed by atoms with Crippen molar-refractivity contribution in [2.75, 3.05) is 0 Å². The molecule has 2 atom stereocenters. The number of fused-ring (bicyclic) bond motifs is 1. The predicted octanol–water partition coefficient (Wildman–Crippen LogP) is 2.96. The average molecular weight is 315 g/mol. The number of carboxylic acids is 1. The molecule has 1 aromatic carbocycles. The zero-order chi connectivity index (χ0) is 16.6. The average Bonchev–Trinajstić information content (AvgIpc) is 3.10. The molecule has 3 rings (SSSR count). The first-order chi connectivity index (χ1) is 11.0. The first-order valence-electron chi connectivity index (χ1n) is 7.96. The van der Waals surface area contributed by atoms with Crippen molar-refractivity contribution >= 4 is 22.8 Å². The van der Waals surface area contributed by atoms with Crippen LogP contribution in [0, 0.1) is 19.8 Å². The minimum atomic E-state index is -0.826. The van der Waals surface area contributed by atoms with Crippen LogP contribution in [0.25, 0.3) is 11.0 Å². The van der Waals surface area contributed by atoms with Gasteiger partial charge in [-0.25, -0.2) is 0 Å². The third-order valence-electron chi connectivity index (χ3n) is 4.87. The highest BCUT2D eigenvalue weighted by Gasteiger charge is 2.33. The fourth-order valence-corrected chi connectivity index (χ4v) is 3.38. The van der Waals surface area contributed by atoms with Gasteiger partial charge in [-0.3, -0.25) is 9.59 Å². The number of aliphatic carboxylic acids is 1. The summed E-state index contributed by atoms with van der Waals surface area (Å²) in [4.78, 5) is 23.5. The maximum absolute atomic E-state index is 12.3. The van der Waals surface area contributed by atoms with Crippen LogP contribution in [0.2, 0.25) is 0 Å². The summed E-state index contributed by atoms with van der Waals surface area (Å²) in [7, 11) is 0. The Hall–Kier alpha value is -2.30. The fraction of sp³-hybridized carbons (Fsp3) is 0.444. The van der Waals surface area contributed by atoms with Crippen molar-refractivity contribution in [3.05, 3.63) is 35.1 Å². The fourth-order valence-electron chi connectivity index (χ4n) is 3.38. The van der Waals surface area contributed by atoms with E-state index in [9.17, 15) is 14.7 Å². The third kappa shape index (κ3) is 2.96. The number of benzene rings is 1. The van der Waals surface area contributed by atoms with Gasteiger partial charge < -0.3 is 14.8 Å². The topological polar surface area (TPSA) is 79.5 Å². The Morgan fingerprint density at radius 2 is 2.09 bits per heavy atom. The molecule has 0 unspecified atom stereocenters. The number of carboxylic acid groups (broad SMARTS) is 1. The number of aryl methyl sites for hydroxylation is 2. The largest absolute Gasteiger partial charge is 0.481 e. The first kappa shape index (κ1) is 15.6. The molecule has 0 saturated heterocycles. The molecule has 2 aromatic rings. The third-order valence-corrected chi connectivity index (χ3v) is 4.87. The molecule has 1 fully saturated rings. The maximum Gasteiger partial charge on any atom is 0.308 e. The second-order valence-electron chi connectivity index (χ2n) is 6.37. The van der Waals surface area contributed by atoms with Gasteiger partial charge in [0.25, 0.3) is 0 Å². The van der Waals surface area contributed by atoms with Gasteiger partial charge in [-0.05, 0) is 37.8 Å². The van der Waals surface area contributed by atoms with Gasteiger partial charge in [0.05, 0.1) is 18.6 Å². The van der Waals surface area contributed by atoms with Gasteiger partial charge in [0, 0.05) is 17.0 Å². The monoisotopic (exact) mass is 315 g/mol. The van der Waals surface area contributed by atoms with Crippen molar-refractivity contribution in [1.29, 1.82) is 0 Å². The Bertz CT molecular complexity index is 762. The van der Waals surface area contributed by atoms with E-state index in [0.717, 1.165) is 40.5 Å². The quantitative estimate of drug-likeness (QED) is 0.909. The van der Waals surface area contributed by atoms with Crippen LogP contribution in [0.3, 0.4) is 0 Å². The lowest BCUT2D eigenvalue weighted by molar-refractivity contribution is -0.142. The molecule has 5 nitrogen and oxygen atoms in total. The Labute approximate surface area is 134 Å². The molecule has 0 spiro atoms. The van der Waals surface area contributed by atoms with E-state index >= 15 is 0 Å². The van der Waals surface area contributed by atoms with Crippen molar-refractivity contribution in [3.8, 4) is 0 Å². The van der Waals surface area contributed by atoms with Crippen LogP contribution in [0.5, 0.6) is 0 Å². The van der Waals surface area contributed by atoms with Gasteiger partial charge >= 0.3 is 5.97 Å². The van der Waals surface area contributed by atoms with E-state index in [1.165, 1.54) is 0 Å². The number of hydrogen-bond acceptors (Lipinski definition) is 3. The van der Waals surface area contributed by atoms with Crippen LogP contribution in [-0.2, 0) is 16.0 Å². The number of carbonyl (C=O) groups excluding carboxylic acids is 1. The van der Waals surface area contributed by atoms with Crippen LogP contribution in [0.15, 0.2) is 22.8 Å². The standard InChI is InChI=1S/C18H21NO4/c1-10-6-7-13-12(9-23-17(13)11(10)2)8-16(20)19-15-5-3-4-14(15)18(21)22/h6-7,9,14-15H,3-5,8H2,1-2H3,(H,19,20)(H,21,22)/t14-,15+/m0/s1. The lowest BCUT2D eigenvalue weighted by Crippen LogP contribution is -2.40. The Morgan fingerprint density at radius 3 is 2.83 bits per heavy atom. The van der Waals surface area contributed by atoms with E-state index in [1.807, 2.05) is 26.0 Å². The van der Waals surface area contributed by atoms with Crippen LogP contribution in [0.4, 0.5) is 0 Å². The van der Waals surface area contributed by atoms with Gasteiger partial charge in [-0.2, -0.15) is 0 Å². The second kappa shape index (κ2) is 6.07. The molecule has 0 bridgehead atoms. The molecule has 23 heavy (non-hydrogen) atoms. The number of hydrogen-bond donors (Lipinski definition) is 2. The molecule has 0 radical (unpaired) electrons. The minimum absolute atomic E-state index is 0.149. The molecule has 5 heteroatoms. The molecule has 1 aromatic heterocycles. The second-order valence-corrected chi connectivity index (χ2v) is 6.37. The summed E-state index contributed by atoms with van der Waals surface area (Å²) in [5.74, 6) is -1.44. The summed E-state index contributed by atoms with van der Waals surface area (Å²) in [5.41, 5.74) is 3.89. The van der Waals surface area contributed by atoms with Crippen LogP contribution in [0.1, 0.15) is 36.0 Å². The summed E-state index contributed by atoms with van der Waals surface area (Å²) < 4.78 is 5.62. The molecular weight excluding hydrogens is 294 g/mol. The van der Waals surface area contributed by atoms with Crippen LogP contribution in [-0.4, -0.2) is 23.0 Å². The SMILES string of the molecule is Cc1ccc2c(CC(=O)N[C@@H]3CCC[C@@H]3C(=O)O)coc2c1C.